The van der Waals surface area contributed by atoms with Crippen molar-refractivity contribution in [2.45, 2.75) is 23.5 Å². The summed E-state index contributed by atoms with van der Waals surface area (Å²) < 4.78 is 31.5. The van der Waals surface area contributed by atoms with E-state index in [1.807, 2.05) is 0 Å². The monoisotopic (exact) mass is 397 g/mol. The SMILES string of the molecule is COC(=O)C1CC(O)CN1S(=O)(=O)c1ccc(Br)cc1Cl. The highest BCUT2D eigenvalue weighted by Crippen LogP contribution is 2.32. The number of ether oxygens (including phenoxy) is 1. The summed E-state index contributed by atoms with van der Waals surface area (Å²) in [4.78, 5) is 11.6. The number of halogens is 2. The summed E-state index contributed by atoms with van der Waals surface area (Å²) in [5, 5.41) is 9.72. The van der Waals surface area contributed by atoms with E-state index in [-0.39, 0.29) is 22.9 Å². The van der Waals surface area contributed by atoms with Crippen LogP contribution in [0.1, 0.15) is 6.42 Å². The van der Waals surface area contributed by atoms with Crippen LogP contribution in [0.15, 0.2) is 27.6 Å². The minimum absolute atomic E-state index is 0.0000500. The van der Waals surface area contributed by atoms with Gasteiger partial charge in [-0.05, 0) is 18.2 Å². The molecule has 2 unspecified atom stereocenters. The third-order valence-electron chi connectivity index (χ3n) is 3.19. The number of esters is 1. The third kappa shape index (κ3) is 3.24. The van der Waals surface area contributed by atoms with Crippen molar-refractivity contribution in [2.24, 2.45) is 0 Å². The highest BCUT2D eigenvalue weighted by Gasteiger charge is 2.44. The standard InChI is InChI=1S/C12H13BrClNO5S/c1-20-12(17)10-5-8(16)6-15(10)21(18,19)11-3-2-7(13)4-9(11)14/h2-4,8,10,16H,5-6H2,1H3. The van der Waals surface area contributed by atoms with E-state index in [1.165, 1.54) is 19.2 Å². The number of rotatable bonds is 3. The number of benzene rings is 1. The highest BCUT2D eigenvalue weighted by atomic mass is 79.9. The number of aliphatic hydroxyl groups is 1. The van der Waals surface area contributed by atoms with Gasteiger partial charge >= 0.3 is 5.97 Å². The molecule has 116 valence electrons. The van der Waals surface area contributed by atoms with Crippen LogP contribution in [-0.2, 0) is 19.6 Å². The van der Waals surface area contributed by atoms with E-state index in [4.69, 9.17) is 11.6 Å². The van der Waals surface area contributed by atoms with Crippen molar-refractivity contribution in [1.29, 1.82) is 0 Å². The molecule has 0 spiro atoms. The summed E-state index contributed by atoms with van der Waals surface area (Å²) in [5.41, 5.74) is 0. The summed E-state index contributed by atoms with van der Waals surface area (Å²) in [5.74, 6) is -0.705. The van der Waals surface area contributed by atoms with E-state index in [9.17, 15) is 18.3 Å². The number of β-amino-alcohol motifs (C(OH)–C–C–N with tert-alkyl or cyclic N) is 1. The second-order valence-corrected chi connectivity index (χ2v) is 7.76. The number of methoxy groups -OCH3 is 1. The lowest BCUT2D eigenvalue weighted by molar-refractivity contribution is -0.144. The van der Waals surface area contributed by atoms with Gasteiger partial charge < -0.3 is 9.84 Å². The van der Waals surface area contributed by atoms with E-state index in [0.29, 0.717) is 4.47 Å². The van der Waals surface area contributed by atoms with Crippen LogP contribution in [0.4, 0.5) is 0 Å². The van der Waals surface area contributed by atoms with Crippen LogP contribution < -0.4 is 0 Å². The van der Waals surface area contributed by atoms with Crippen LogP contribution in [0.2, 0.25) is 5.02 Å². The Morgan fingerprint density at radius 1 is 1.52 bits per heavy atom. The van der Waals surface area contributed by atoms with E-state index in [1.54, 1.807) is 6.07 Å². The first-order valence-corrected chi connectivity index (χ1v) is 8.61. The molecule has 1 aromatic carbocycles. The predicted molar refractivity (Wildman–Crippen MR) is 79.5 cm³/mol. The van der Waals surface area contributed by atoms with Gasteiger partial charge in [-0.25, -0.2) is 8.42 Å². The van der Waals surface area contributed by atoms with E-state index < -0.39 is 28.1 Å². The molecule has 1 saturated heterocycles. The molecular weight excluding hydrogens is 386 g/mol. The van der Waals surface area contributed by atoms with E-state index in [0.717, 1.165) is 4.31 Å². The Labute approximate surface area is 135 Å². The van der Waals surface area contributed by atoms with Gasteiger partial charge in [-0.3, -0.25) is 4.79 Å². The maximum Gasteiger partial charge on any atom is 0.324 e. The molecule has 1 N–H and O–H groups in total. The number of carbonyl (C=O) groups excluding carboxylic acids is 1. The van der Waals surface area contributed by atoms with E-state index >= 15 is 0 Å². The Balaban J connectivity index is 2.44. The second-order valence-electron chi connectivity index (χ2n) is 4.58. The predicted octanol–water partition coefficient (Wildman–Crippen LogP) is 1.40. The largest absolute Gasteiger partial charge is 0.468 e. The lowest BCUT2D eigenvalue weighted by atomic mass is 10.2. The topological polar surface area (TPSA) is 83.9 Å². The Morgan fingerprint density at radius 3 is 2.76 bits per heavy atom. The maximum absolute atomic E-state index is 12.7. The molecule has 9 heteroatoms. The minimum Gasteiger partial charge on any atom is -0.468 e. The number of hydrogen-bond acceptors (Lipinski definition) is 5. The fraction of sp³-hybridized carbons (Fsp3) is 0.417. The molecule has 1 heterocycles. The molecule has 21 heavy (non-hydrogen) atoms. The second kappa shape index (κ2) is 6.21. The molecule has 1 aliphatic heterocycles. The molecule has 0 saturated carbocycles. The molecule has 0 aromatic heterocycles. The third-order valence-corrected chi connectivity index (χ3v) is 6.04. The summed E-state index contributed by atoms with van der Waals surface area (Å²) in [6.45, 7) is -0.172. The normalized spacial score (nSPS) is 23.2. The zero-order valence-electron chi connectivity index (χ0n) is 11.0. The highest BCUT2D eigenvalue weighted by molar-refractivity contribution is 9.10. The molecule has 0 amide bonds. The van der Waals surface area contributed by atoms with Crippen molar-refractivity contribution in [1.82, 2.24) is 4.31 Å². The zero-order valence-corrected chi connectivity index (χ0v) is 14.2. The summed E-state index contributed by atoms with van der Waals surface area (Å²) in [6, 6.07) is 3.29. The first kappa shape index (κ1) is 16.7. The minimum atomic E-state index is -4.00. The molecular formula is C12H13BrClNO5S. The van der Waals surface area contributed by atoms with Gasteiger partial charge in [0, 0.05) is 17.4 Å². The van der Waals surface area contributed by atoms with Crippen molar-refractivity contribution in [3.63, 3.8) is 0 Å². The molecule has 0 bridgehead atoms. The van der Waals surface area contributed by atoms with Crippen molar-refractivity contribution < 1.29 is 23.1 Å². The molecule has 2 atom stereocenters. The van der Waals surface area contributed by atoms with Gasteiger partial charge in [-0.15, -0.1) is 0 Å². The smallest absolute Gasteiger partial charge is 0.324 e. The average Bonchev–Trinajstić information content (AvgIpc) is 2.80. The van der Waals surface area contributed by atoms with Gasteiger partial charge in [-0.2, -0.15) is 4.31 Å². The van der Waals surface area contributed by atoms with Gasteiger partial charge in [0.25, 0.3) is 0 Å². The average molecular weight is 399 g/mol. The Bertz CT molecular complexity index is 666. The molecule has 6 nitrogen and oxygen atoms in total. The van der Waals surface area contributed by atoms with Crippen LogP contribution in [-0.4, -0.2) is 49.6 Å². The maximum atomic E-state index is 12.7. The lowest BCUT2D eigenvalue weighted by Gasteiger charge is -2.22. The number of hydrogen-bond donors (Lipinski definition) is 1. The number of nitrogens with zero attached hydrogens (tertiary/aromatic N) is 1. The molecule has 1 fully saturated rings. The quantitative estimate of drug-likeness (QED) is 0.778. The van der Waals surface area contributed by atoms with Crippen LogP contribution in [0.3, 0.4) is 0 Å². The van der Waals surface area contributed by atoms with Crippen molar-refractivity contribution in [3.05, 3.63) is 27.7 Å². The van der Waals surface area contributed by atoms with Gasteiger partial charge in [0.05, 0.1) is 18.2 Å². The first-order valence-electron chi connectivity index (χ1n) is 6.00. The lowest BCUT2D eigenvalue weighted by Crippen LogP contribution is -2.41. The van der Waals surface area contributed by atoms with Gasteiger partial charge in [0.15, 0.2) is 0 Å². The molecule has 2 rings (SSSR count). The fourth-order valence-electron chi connectivity index (χ4n) is 2.21. The molecule has 1 aromatic rings. The van der Waals surface area contributed by atoms with Gasteiger partial charge in [0.1, 0.15) is 10.9 Å². The Morgan fingerprint density at radius 2 is 2.19 bits per heavy atom. The number of sulfonamides is 1. The fourth-order valence-corrected chi connectivity index (χ4v) is 4.85. The Kier molecular flexibility index (Phi) is 4.94. The molecule has 0 radical (unpaired) electrons. The number of aliphatic hydroxyl groups excluding tert-OH is 1. The van der Waals surface area contributed by atoms with Crippen LogP contribution in [0.5, 0.6) is 0 Å². The summed E-state index contributed by atoms with van der Waals surface area (Å²) >= 11 is 9.17. The summed E-state index contributed by atoms with van der Waals surface area (Å²) in [6.07, 6.45) is -0.918. The van der Waals surface area contributed by atoms with Crippen molar-refractivity contribution in [2.75, 3.05) is 13.7 Å². The Hall–Kier alpha value is -0.670. The van der Waals surface area contributed by atoms with Crippen LogP contribution >= 0.6 is 27.5 Å². The van der Waals surface area contributed by atoms with Crippen LogP contribution in [0.25, 0.3) is 0 Å². The molecule has 1 aliphatic rings. The van der Waals surface area contributed by atoms with Gasteiger partial charge in [-0.1, -0.05) is 27.5 Å². The zero-order chi connectivity index (χ0) is 15.8. The van der Waals surface area contributed by atoms with E-state index in [2.05, 4.69) is 20.7 Å². The number of carbonyl (C=O) groups is 1. The van der Waals surface area contributed by atoms with Crippen molar-refractivity contribution in [3.8, 4) is 0 Å². The van der Waals surface area contributed by atoms with Gasteiger partial charge in [0.2, 0.25) is 10.0 Å². The van der Waals surface area contributed by atoms with Crippen molar-refractivity contribution >= 4 is 43.5 Å². The summed E-state index contributed by atoms with van der Waals surface area (Å²) in [7, 11) is -2.83. The molecule has 0 aliphatic carbocycles. The first-order chi connectivity index (χ1) is 9.77. The van der Waals surface area contributed by atoms with Crippen LogP contribution in [0, 0.1) is 0 Å².